The van der Waals surface area contributed by atoms with Crippen LogP contribution in [0.4, 0.5) is 0 Å². The number of fused-ring (bicyclic) bond motifs is 1. The van der Waals surface area contributed by atoms with Gasteiger partial charge in [0.15, 0.2) is 0 Å². The molecule has 0 aliphatic carbocycles. The molecule has 0 aliphatic heterocycles. The van der Waals surface area contributed by atoms with E-state index in [-0.39, 0.29) is 5.91 Å². The van der Waals surface area contributed by atoms with Crippen LogP contribution >= 0.6 is 0 Å². The zero-order valence-corrected chi connectivity index (χ0v) is 13.6. The van der Waals surface area contributed by atoms with Crippen LogP contribution in [-0.2, 0) is 0 Å². The topological polar surface area (TPSA) is 20.3 Å². The van der Waals surface area contributed by atoms with E-state index in [0.29, 0.717) is 13.1 Å². The molecule has 0 aliphatic rings. The standard InChI is InChI=1S/C21H21NO/c1-3-22(4-2)21(23)20-18-13-9-8-12-17(18)14-15-19(20)16-10-6-5-7-11-16/h5-15H,3-4H2,1-2H3. The van der Waals surface area contributed by atoms with Crippen LogP contribution in [0.2, 0.25) is 0 Å². The Labute approximate surface area is 137 Å². The van der Waals surface area contributed by atoms with E-state index in [2.05, 4.69) is 30.3 Å². The van der Waals surface area contributed by atoms with Gasteiger partial charge in [-0.2, -0.15) is 0 Å². The second-order valence-electron chi connectivity index (χ2n) is 5.55. The third kappa shape index (κ3) is 2.85. The summed E-state index contributed by atoms with van der Waals surface area (Å²) in [6.45, 7) is 5.48. The normalized spacial score (nSPS) is 10.7. The molecular formula is C21H21NO. The molecule has 0 N–H and O–H groups in total. The van der Waals surface area contributed by atoms with E-state index in [1.165, 1.54) is 0 Å². The van der Waals surface area contributed by atoms with Crippen molar-refractivity contribution in [1.29, 1.82) is 0 Å². The van der Waals surface area contributed by atoms with Crippen LogP contribution in [0, 0.1) is 0 Å². The molecule has 0 heterocycles. The fourth-order valence-corrected chi connectivity index (χ4v) is 3.03. The summed E-state index contributed by atoms with van der Waals surface area (Å²) >= 11 is 0. The smallest absolute Gasteiger partial charge is 0.255 e. The molecule has 1 amide bonds. The summed E-state index contributed by atoms with van der Waals surface area (Å²) in [5.74, 6) is 0.102. The fourth-order valence-electron chi connectivity index (χ4n) is 3.03. The van der Waals surface area contributed by atoms with Crippen molar-refractivity contribution in [3.05, 3.63) is 72.3 Å². The summed E-state index contributed by atoms with van der Waals surface area (Å²) in [7, 11) is 0. The Balaban J connectivity index is 2.28. The first kappa shape index (κ1) is 15.3. The first-order valence-electron chi connectivity index (χ1n) is 8.12. The largest absolute Gasteiger partial charge is 0.339 e. The van der Waals surface area contributed by atoms with Crippen LogP contribution in [0.25, 0.3) is 21.9 Å². The number of amides is 1. The van der Waals surface area contributed by atoms with E-state index < -0.39 is 0 Å². The van der Waals surface area contributed by atoms with Crippen LogP contribution in [-0.4, -0.2) is 23.9 Å². The highest BCUT2D eigenvalue weighted by molar-refractivity contribution is 6.12. The van der Waals surface area contributed by atoms with Crippen LogP contribution in [0.1, 0.15) is 24.2 Å². The summed E-state index contributed by atoms with van der Waals surface area (Å²) in [5.41, 5.74) is 2.88. The highest BCUT2D eigenvalue weighted by Crippen LogP contribution is 2.31. The highest BCUT2D eigenvalue weighted by Gasteiger charge is 2.20. The van der Waals surface area contributed by atoms with Gasteiger partial charge >= 0.3 is 0 Å². The minimum absolute atomic E-state index is 0.102. The van der Waals surface area contributed by atoms with Gasteiger partial charge in [0.1, 0.15) is 0 Å². The third-order valence-corrected chi connectivity index (χ3v) is 4.28. The molecule has 0 spiro atoms. The Morgan fingerprint density at radius 1 is 0.826 bits per heavy atom. The van der Waals surface area contributed by atoms with Crippen molar-refractivity contribution in [3.8, 4) is 11.1 Å². The molecule has 0 atom stereocenters. The van der Waals surface area contributed by atoms with E-state index in [0.717, 1.165) is 27.5 Å². The summed E-state index contributed by atoms with van der Waals surface area (Å²) < 4.78 is 0. The number of carbonyl (C=O) groups is 1. The summed E-state index contributed by atoms with van der Waals surface area (Å²) in [6.07, 6.45) is 0. The Hall–Kier alpha value is -2.61. The highest BCUT2D eigenvalue weighted by atomic mass is 16.2. The first-order valence-corrected chi connectivity index (χ1v) is 8.12. The second-order valence-corrected chi connectivity index (χ2v) is 5.55. The van der Waals surface area contributed by atoms with Gasteiger partial charge in [0.25, 0.3) is 5.91 Å². The summed E-state index contributed by atoms with van der Waals surface area (Å²) in [5, 5.41) is 2.12. The second kappa shape index (κ2) is 6.66. The monoisotopic (exact) mass is 303 g/mol. The predicted octanol–water partition coefficient (Wildman–Crippen LogP) is 4.99. The van der Waals surface area contributed by atoms with E-state index in [4.69, 9.17) is 0 Å². The fraction of sp³-hybridized carbons (Fsp3) is 0.190. The lowest BCUT2D eigenvalue weighted by Gasteiger charge is -2.22. The van der Waals surface area contributed by atoms with Crippen molar-refractivity contribution < 1.29 is 4.79 Å². The van der Waals surface area contributed by atoms with Gasteiger partial charge in [0.05, 0.1) is 5.56 Å². The van der Waals surface area contributed by atoms with Crippen molar-refractivity contribution in [1.82, 2.24) is 4.90 Å². The quantitative estimate of drug-likeness (QED) is 0.665. The molecule has 0 saturated heterocycles. The minimum atomic E-state index is 0.102. The molecule has 0 unspecified atom stereocenters. The first-order chi connectivity index (χ1) is 11.3. The van der Waals surface area contributed by atoms with Gasteiger partial charge in [-0.3, -0.25) is 4.79 Å². The lowest BCUT2D eigenvalue weighted by Crippen LogP contribution is -2.31. The van der Waals surface area contributed by atoms with Crippen molar-refractivity contribution in [2.75, 3.05) is 13.1 Å². The zero-order chi connectivity index (χ0) is 16.2. The number of carbonyl (C=O) groups excluding carboxylic acids is 1. The Bertz CT molecular complexity index is 820. The molecule has 0 radical (unpaired) electrons. The molecule has 2 heteroatoms. The average Bonchev–Trinajstić information content (AvgIpc) is 2.62. The van der Waals surface area contributed by atoms with E-state index in [1.807, 2.05) is 55.1 Å². The SMILES string of the molecule is CCN(CC)C(=O)c1c(-c2ccccc2)ccc2ccccc12. The number of hydrogen-bond acceptors (Lipinski definition) is 1. The van der Waals surface area contributed by atoms with Gasteiger partial charge in [-0.1, -0.05) is 66.7 Å². The maximum atomic E-state index is 13.1. The Kier molecular flexibility index (Phi) is 4.42. The number of rotatable bonds is 4. The molecule has 3 aromatic rings. The molecule has 2 nitrogen and oxygen atoms in total. The maximum absolute atomic E-state index is 13.1. The number of hydrogen-bond donors (Lipinski definition) is 0. The zero-order valence-electron chi connectivity index (χ0n) is 13.6. The molecule has 116 valence electrons. The van der Waals surface area contributed by atoms with E-state index >= 15 is 0 Å². The Morgan fingerprint density at radius 3 is 2.17 bits per heavy atom. The number of nitrogens with zero attached hydrogens (tertiary/aromatic N) is 1. The minimum Gasteiger partial charge on any atom is -0.339 e. The van der Waals surface area contributed by atoms with Crippen molar-refractivity contribution in [2.24, 2.45) is 0 Å². The van der Waals surface area contributed by atoms with Crippen LogP contribution in [0.3, 0.4) is 0 Å². The molecule has 3 aromatic carbocycles. The Morgan fingerprint density at radius 2 is 1.48 bits per heavy atom. The van der Waals surface area contributed by atoms with Crippen LogP contribution in [0.5, 0.6) is 0 Å². The molecule has 0 fully saturated rings. The molecular weight excluding hydrogens is 282 g/mol. The third-order valence-electron chi connectivity index (χ3n) is 4.28. The van der Waals surface area contributed by atoms with Gasteiger partial charge in [-0.05, 0) is 35.7 Å². The van der Waals surface area contributed by atoms with E-state index in [1.54, 1.807) is 0 Å². The van der Waals surface area contributed by atoms with Gasteiger partial charge in [-0.25, -0.2) is 0 Å². The summed E-state index contributed by atoms with van der Waals surface area (Å²) in [4.78, 5) is 15.0. The molecule has 0 bridgehead atoms. The van der Waals surface area contributed by atoms with Gasteiger partial charge in [-0.15, -0.1) is 0 Å². The molecule has 23 heavy (non-hydrogen) atoms. The molecule has 3 rings (SSSR count). The summed E-state index contributed by atoms with van der Waals surface area (Å²) in [6, 6.07) is 22.4. The van der Waals surface area contributed by atoms with E-state index in [9.17, 15) is 4.79 Å². The van der Waals surface area contributed by atoms with Gasteiger partial charge < -0.3 is 4.90 Å². The number of benzene rings is 3. The maximum Gasteiger partial charge on any atom is 0.255 e. The van der Waals surface area contributed by atoms with Gasteiger partial charge in [0, 0.05) is 13.1 Å². The van der Waals surface area contributed by atoms with Crippen molar-refractivity contribution >= 4 is 16.7 Å². The molecule has 0 aromatic heterocycles. The average molecular weight is 303 g/mol. The van der Waals surface area contributed by atoms with Crippen LogP contribution < -0.4 is 0 Å². The van der Waals surface area contributed by atoms with Crippen molar-refractivity contribution in [3.63, 3.8) is 0 Å². The van der Waals surface area contributed by atoms with Gasteiger partial charge in [0.2, 0.25) is 0 Å². The van der Waals surface area contributed by atoms with Crippen molar-refractivity contribution in [2.45, 2.75) is 13.8 Å². The lowest BCUT2D eigenvalue weighted by atomic mass is 9.93. The molecule has 0 saturated carbocycles. The lowest BCUT2D eigenvalue weighted by molar-refractivity contribution is 0.0775. The predicted molar refractivity (Wildman–Crippen MR) is 96.6 cm³/mol. The van der Waals surface area contributed by atoms with Crippen LogP contribution in [0.15, 0.2) is 66.7 Å².